The summed E-state index contributed by atoms with van der Waals surface area (Å²) < 4.78 is 12.8. The van der Waals surface area contributed by atoms with Crippen molar-refractivity contribution in [3.8, 4) is 0 Å². The summed E-state index contributed by atoms with van der Waals surface area (Å²) in [5.74, 6) is -0.324. The number of aromatic nitrogens is 3. The Bertz CT molecular complexity index is 546. The van der Waals surface area contributed by atoms with E-state index in [1.54, 1.807) is 0 Å². The second-order valence-corrected chi connectivity index (χ2v) is 7.10. The van der Waals surface area contributed by atoms with Crippen LogP contribution in [0.2, 0.25) is 0 Å². The maximum atomic E-state index is 11.9. The maximum Gasteiger partial charge on any atom is 0.360 e. The topological polar surface area (TPSA) is 66.2 Å². The van der Waals surface area contributed by atoms with E-state index in [1.807, 2.05) is 18.5 Å². The summed E-state index contributed by atoms with van der Waals surface area (Å²) in [6.07, 6.45) is 0.823. The molecule has 2 rings (SSSR count). The lowest BCUT2D eigenvalue weighted by molar-refractivity contribution is -0.0741. The smallest absolute Gasteiger partial charge is 0.360 e. The molecule has 21 heavy (non-hydrogen) atoms. The van der Waals surface area contributed by atoms with E-state index in [0.29, 0.717) is 5.69 Å². The van der Waals surface area contributed by atoms with E-state index in [9.17, 15) is 4.79 Å². The van der Waals surface area contributed by atoms with E-state index < -0.39 is 5.97 Å². The first-order chi connectivity index (χ1) is 9.59. The molecule has 1 aromatic rings. The molecule has 6 nitrogen and oxygen atoms in total. The first kappa shape index (κ1) is 15.9. The third-order valence-electron chi connectivity index (χ3n) is 3.98. The standard InChI is InChI=1S/C15H25N3O3/c1-9(2)12-11(13(19)20-7)16-17-18(12)10-8-14(3,4)21-15(10,5)6/h9-10H,8H2,1-7H3. The van der Waals surface area contributed by atoms with Crippen LogP contribution in [0.3, 0.4) is 0 Å². The molecule has 0 amide bonds. The highest BCUT2D eigenvalue weighted by atomic mass is 16.5. The summed E-state index contributed by atoms with van der Waals surface area (Å²) in [4.78, 5) is 11.9. The van der Waals surface area contributed by atoms with E-state index in [4.69, 9.17) is 9.47 Å². The molecule has 2 heterocycles. The highest BCUT2D eigenvalue weighted by molar-refractivity contribution is 5.88. The van der Waals surface area contributed by atoms with Crippen molar-refractivity contribution in [1.82, 2.24) is 15.0 Å². The van der Waals surface area contributed by atoms with Crippen molar-refractivity contribution in [3.05, 3.63) is 11.4 Å². The van der Waals surface area contributed by atoms with Gasteiger partial charge in [0.15, 0.2) is 5.69 Å². The summed E-state index contributed by atoms with van der Waals surface area (Å²) in [6.45, 7) is 12.3. The van der Waals surface area contributed by atoms with Gasteiger partial charge in [-0.2, -0.15) is 0 Å². The molecule has 1 fully saturated rings. The van der Waals surface area contributed by atoms with Crippen LogP contribution in [-0.4, -0.2) is 39.3 Å². The van der Waals surface area contributed by atoms with Crippen molar-refractivity contribution in [2.45, 2.75) is 71.1 Å². The average molecular weight is 295 g/mol. The Morgan fingerprint density at radius 1 is 1.38 bits per heavy atom. The van der Waals surface area contributed by atoms with Gasteiger partial charge in [0.1, 0.15) is 0 Å². The number of methoxy groups -OCH3 is 1. The van der Waals surface area contributed by atoms with Gasteiger partial charge in [-0.25, -0.2) is 9.48 Å². The number of hydrogen-bond donors (Lipinski definition) is 0. The molecule has 1 aliphatic rings. The fourth-order valence-electron chi connectivity index (χ4n) is 3.23. The Hall–Kier alpha value is -1.43. The predicted octanol–water partition coefficient (Wildman–Crippen LogP) is 2.71. The fourth-order valence-corrected chi connectivity index (χ4v) is 3.23. The Kier molecular flexibility index (Phi) is 3.86. The van der Waals surface area contributed by atoms with Crippen LogP contribution >= 0.6 is 0 Å². The lowest BCUT2D eigenvalue weighted by Gasteiger charge is -2.28. The van der Waals surface area contributed by atoms with Crippen LogP contribution in [0.15, 0.2) is 0 Å². The molecule has 1 aromatic heterocycles. The zero-order valence-corrected chi connectivity index (χ0v) is 13.9. The lowest BCUT2D eigenvalue weighted by Crippen LogP contribution is -2.32. The maximum absolute atomic E-state index is 11.9. The molecule has 1 saturated heterocycles. The first-order valence-corrected chi connectivity index (χ1v) is 7.32. The van der Waals surface area contributed by atoms with Gasteiger partial charge in [0.2, 0.25) is 0 Å². The molecule has 0 N–H and O–H groups in total. The molecule has 0 aromatic carbocycles. The zero-order valence-electron chi connectivity index (χ0n) is 13.9. The van der Waals surface area contributed by atoms with E-state index in [-0.39, 0.29) is 23.2 Å². The minimum atomic E-state index is -0.444. The van der Waals surface area contributed by atoms with Crippen LogP contribution in [0.5, 0.6) is 0 Å². The normalized spacial score (nSPS) is 23.5. The van der Waals surface area contributed by atoms with Crippen LogP contribution in [0, 0.1) is 0 Å². The number of esters is 1. The Morgan fingerprint density at radius 2 is 2.00 bits per heavy atom. The van der Waals surface area contributed by atoms with E-state index >= 15 is 0 Å². The van der Waals surface area contributed by atoms with Crippen molar-refractivity contribution in [3.63, 3.8) is 0 Å². The number of rotatable bonds is 3. The molecular formula is C15H25N3O3. The molecule has 0 radical (unpaired) electrons. The van der Waals surface area contributed by atoms with Crippen molar-refractivity contribution in [1.29, 1.82) is 0 Å². The fraction of sp³-hybridized carbons (Fsp3) is 0.800. The van der Waals surface area contributed by atoms with Gasteiger partial charge in [-0.05, 0) is 33.6 Å². The van der Waals surface area contributed by atoms with E-state index in [0.717, 1.165) is 12.1 Å². The zero-order chi connectivity index (χ0) is 16.0. The molecule has 1 unspecified atom stereocenters. The predicted molar refractivity (Wildman–Crippen MR) is 78.3 cm³/mol. The largest absolute Gasteiger partial charge is 0.464 e. The van der Waals surface area contributed by atoms with Gasteiger partial charge in [0, 0.05) is 6.42 Å². The van der Waals surface area contributed by atoms with Gasteiger partial charge in [-0.1, -0.05) is 19.1 Å². The molecule has 0 aliphatic carbocycles. The van der Waals surface area contributed by atoms with Gasteiger partial charge in [-0.3, -0.25) is 0 Å². The molecule has 0 saturated carbocycles. The Morgan fingerprint density at radius 3 is 2.43 bits per heavy atom. The highest BCUT2D eigenvalue weighted by Crippen LogP contribution is 2.45. The summed E-state index contributed by atoms with van der Waals surface area (Å²) in [5.41, 5.74) is 0.517. The number of carbonyl (C=O) groups excluding carboxylic acids is 1. The molecule has 1 atom stereocenters. The number of nitrogens with zero attached hydrogens (tertiary/aromatic N) is 3. The van der Waals surface area contributed by atoms with E-state index in [2.05, 4.69) is 38.0 Å². The minimum Gasteiger partial charge on any atom is -0.464 e. The molecule has 0 bridgehead atoms. The number of hydrogen-bond acceptors (Lipinski definition) is 5. The van der Waals surface area contributed by atoms with Gasteiger partial charge in [0.25, 0.3) is 0 Å². The lowest BCUT2D eigenvalue weighted by atomic mass is 9.93. The summed E-state index contributed by atoms with van der Waals surface area (Å²) in [6, 6.07) is 0.0378. The van der Waals surface area contributed by atoms with Gasteiger partial charge < -0.3 is 9.47 Å². The van der Waals surface area contributed by atoms with Crippen LogP contribution in [-0.2, 0) is 9.47 Å². The Labute approximate surface area is 125 Å². The molecule has 6 heteroatoms. The first-order valence-electron chi connectivity index (χ1n) is 7.32. The van der Waals surface area contributed by atoms with Crippen LogP contribution < -0.4 is 0 Å². The van der Waals surface area contributed by atoms with Crippen molar-refractivity contribution in [2.75, 3.05) is 7.11 Å². The second kappa shape index (κ2) is 5.09. The van der Waals surface area contributed by atoms with Crippen LogP contribution in [0.1, 0.15) is 76.1 Å². The third-order valence-corrected chi connectivity index (χ3v) is 3.98. The summed E-state index contributed by atoms with van der Waals surface area (Å²) >= 11 is 0. The van der Waals surface area contributed by atoms with Crippen molar-refractivity contribution >= 4 is 5.97 Å². The minimum absolute atomic E-state index is 0.0378. The average Bonchev–Trinajstić information content (AvgIpc) is 2.85. The molecule has 118 valence electrons. The third kappa shape index (κ3) is 2.81. The van der Waals surface area contributed by atoms with Crippen LogP contribution in [0.25, 0.3) is 0 Å². The molecular weight excluding hydrogens is 270 g/mol. The SMILES string of the molecule is COC(=O)c1nnn(C2CC(C)(C)OC2(C)C)c1C(C)C. The number of ether oxygens (including phenoxy) is 2. The second-order valence-electron chi connectivity index (χ2n) is 7.10. The van der Waals surface area contributed by atoms with E-state index in [1.165, 1.54) is 7.11 Å². The van der Waals surface area contributed by atoms with Gasteiger partial charge in [-0.15, -0.1) is 5.10 Å². The van der Waals surface area contributed by atoms with Gasteiger partial charge in [0.05, 0.1) is 30.0 Å². The quantitative estimate of drug-likeness (QED) is 0.802. The summed E-state index contributed by atoms with van der Waals surface area (Å²) in [5, 5.41) is 8.28. The Balaban J connectivity index is 2.50. The van der Waals surface area contributed by atoms with Crippen molar-refractivity contribution in [2.24, 2.45) is 0 Å². The highest BCUT2D eigenvalue weighted by Gasteiger charge is 2.48. The van der Waals surface area contributed by atoms with Gasteiger partial charge >= 0.3 is 5.97 Å². The number of carbonyl (C=O) groups is 1. The summed E-state index contributed by atoms with van der Waals surface area (Å²) in [7, 11) is 1.36. The van der Waals surface area contributed by atoms with Crippen LogP contribution in [0.4, 0.5) is 0 Å². The molecule has 1 aliphatic heterocycles. The molecule has 0 spiro atoms. The monoisotopic (exact) mass is 295 g/mol. The van der Waals surface area contributed by atoms with Crippen molar-refractivity contribution < 1.29 is 14.3 Å².